The van der Waals surface area contributed by atoms with Gasteiger partial charge in [-0.05, 0) is 25.0 Å². The number of benzene rings is 1. The van der Waals surface area contributed by atoms with Crippen molar-refractivity contribution in [2.24, 2.45) is 5.84 Å². The Labute approximate surface area is 129 Å². The molecule has 0 saturated heterocycles. The van der Waals surface area contributed by atoms with Crippen molar-refractivity contribution < 1.29 is 9.59 Å². The monoisotopic (exact) mass is 300 g/mol. The van der Waals surface area contributed by atoms with Gasteiger partial charge in [-0.15, -0.1) is 0 Å². The molecule has 22 heavy (non-hydrogen) atoms. The summed E-state index contributed by atoms with van der Waals surface area (Å²) in [5, 5.41) is 2.75. The number of hydrazine groups is 1. The fraction of sp³-hybridized carbons (Fsp3) is 0.250. The minimum Gasteiger partial charge on any atom is -0.327 e. The van der Waals surface area contributed by atoms with Crippen LogP contribution in [0.1, 0.15) is 34.1 Å². The number of hydrogen-bond donors (Lipinski definition) is 3. The van der Waals surface area contributed by atoms with Crippen molar-refractivity contribution in [2.75, 3.05) is 5.32 Å². The fourth-order valence-corrected chi connectivity index (χ4v) is 2.47. The van der Waals surface area contributed by atoms with Gasteiger partial charge in [0, 0.05) is 19.2 Å². The molecule has 0 fully saturated rings. The highest BCUT2D eigenvalue weighted by Gasteiger charge is 2.23. The van der Waals surface area contributed by atoms with Gasteiger partial charge in [-0.2, -0.15) is 0 Å². The van der Waals surface area contributed by atoms with Gasteiger partial charge in [0.2, 0.25) is 5.91 Å². The number of amides is 2. The number of aromatic nitrogens is 1. The summed E-state index contributed by atoms with van der Waals surface area (Å²) in [5.74, 6) is 5.07. The number of nitrogens with zero attached hydrogens (tertiary/aromatic N) is 1. The summed E-state index contributed by atoms with van der Waals surface area (Å²) >= 11 is 0. The number of nitrogen functional groups attached to an aromatic ring is 1. The van der Waals surface area contributed by atoms with Crippen LogP contribution < -0.4 is 16.6 Å². The highest BCUT2D eigenvalue weighted by atomic mass is 16.2. The minimum atomic E-state index is -0.420. The number of carbonyl (C=O) groups is 2. The van der Waals surface area contributed by atoms with E-state index in [0.29, 0.717) is 17.9 Å². The molecule has 2 rings (SSSR count). The molecular weight excluding hydrogens is 280 g/mol. The molecule has 0 aliphatic heterocycles. The van der Waals surface area contributed by atoms with E-state index in [4.69, 9.17) is 5.84 Å². The molecule has 116 valence electrons. The van der Waals surface area contributed by atoms with E-state index in [2.05, 4.69) is 10.7 Å². The number of nitrogens with two attached hydrogens (primary N) is 1. The second-order valence-corrected chi connectivity index (χ2v) is 5.16. The Morgan fingerprint density at radius 3 is 2.36 bits per heavy atom. The molecule has 0 bridgehead atoms. The third-order valence-electron chi connectivity index (χ3n) is 3.67. The molecule has 0 atom stereocenters. The van der Waals surface area contributed by atoms with Gasteiger partial charge in [-0.3, -0.25) is 15.0 Å². The van der Waals surface area contributed by atoms with Crippen LogP contribution in [0.2, 0.25) is 0 Å². The Kier molecular flexibility index (Phi) is 4.62. The van der Waals surface area contributed by atoms with Gasteiger partial charge in [0.05, 0.1) is 5.56 Å². The van der Waals surface area contributed by atoms with Gasteiger partial charge < -0.3 is 9.88 Å². The third-order valence-corrected chi connectivity index (χ3v) is 3.67. The molecule has 0 radical (unpaired) electrons. The lowest BCUT2D eigenvalue weighted by molar-refractivity contribution is -0.114. The fourth-order valence-electron chi connectivity index (χ4n) is 2.47. The molecule has 0 saturated carbocycles. The van der Waals surface area contributed by atoms with Crippen molar-refractivity contribution in [2.45, 2.75) is 27.3 Å². The number of rotatable bonds is 4. The van der Waals surface area contributed by atoms with E-state index in [1.807, 2.05) is 48.7 Å². The lowest BCUT2D eigenvalue weighted by Gasteiger charge is -2.13. The van der Waals surface area contributed by atoms with E-state index in [1.165, 1.54) is 6.92 Å². The first-order valence-corrected chi connectivity index (χ1v) is 6.97. The normalized spacial score (nSPS) is 10.4. The molecule has 1 aromatic heterocycles. The summed E-state index contributed by atoms with van der Waals surface area (Å²) < 4.78 is 1.91. The van der Waals surface area contributed by atoms with Gasteiger partial charge in [0.15, 0.2) is 0 Å². The maximum absolute atomic E-state index is 12.1. The lowest BCUT2D eigenvalue weighted by Crippen LogP contribution is -2.31. The molecule has 4 N–H and O–H groups in total. The SMILES string of the molecule is CC(=O)Nc1c(C(=O)NN)c(C)c(C)n1Cc1ccccc1. The van der Waals surface area contributed by atoms with E-state index in [-0.39, 0.29) is 5.91 Å². The van der Waals surface area contributed by atoms with Gasteiger partial charge in [-0.1, -0.05) is 30.3 Å². The summed E-state index contributed by atoms with van der Waals surface area (Å²) in [6.45, 7) is 5.72. The Morgan fingerprint density at radius 2 is 1.82 bits per heavy atom. The van der Waals surface area contributed by atoms with E-state index in [1.54, 1.807) is 0 Å². The second kappa shape index (κ2) is 6.44. The highest BCUT2D eigenvalue weighted by Crippen LogP contribution is 2.28. The molecule has 0 spiro atoms. The number of nitrogens with one attached hydrogen (secondary N) is 2. The van der Waals surface area contributed by atoms with E-state index in [9.17, 15) is 9.59 Å². The number of carbonyl (C=O) groups excluding carboxylic acids is 2. The van der Waals surface area contributed by atoms with E-state index < -0.39 is 5.91 Å². The molecule has 0 aliphatic rings. The topological polar surface area (TPSA) is 89.2 Å². The molecule has 0 unspecified atom stereocenters. The highest BCUT2D eigenvalue weighted by molar-refractivity contribution is 6.04. The van der Waals surface area contributed by atoms with Crippen LogP contribution in [0.15, 0.2) is 30.3 Å². The zero-order valence-electron chi connectivity index (χ0n) is 12.9. The first-order chi connectivity index (χ1) is 10.5. The largest absolute Gasteiger partial charge is 0.327 e. The average molecular weight is 300 g/mol. The summed E-state index contributed by atoms with van der Waals surface area (Å²) in [6, 6.07) is 9.84. The molecule has 1 aromatic carbocycles. The molecule has 2 amide bonds. The Morgan fingerprint density at radius 1 is 1.18 bits per heavy atom. The molecule has 1 heterocycles. The maximum Gasteiger partial charge on any atom is 0.269 e. The van der Waals surface area contributed by atoms with Gasteiger partial charge in [0.25, 0.3) is 5.91 Å². The van der Waals surface area contributed by atoms with Gasteiger partial charge >= 0.3 is 0 Å². The Hall–Kier alpha value is -2.60. The van der Waals surface area contributed by atoms with E-state index in [0.717, 1.165) is 16.8 Å². The predicted octanol–water partition coefficient (Wildman–Crippen LogP) is 1.72. The first-order valence-electron chi connectivity index (χ1n) is 6.97. The third kappa shape index (κ3) is 3.01. The van der Waals surface area contributed by atoms with Crippen molar-refractivity contribution in [3.63, 3.8) is 0 Å². The average Bonchev–Trinajstić information content (AvgIpc) is 2.72. The lowest BCUT2D eigenvalue weighted by atomic mass is 10.1. The minimum absolute atomic E-state index is 0.238. The Balaban J connectivity index is 2.56. The van der Waals surface area contributed by atoms with Crippen molar-refractivity contribution >= 4 is 17.6 Å². The van der Waals surface area contributed by atoms with Crippen LogP contribution in [0.4, 0.5) is 5.82 Å². The van der Waals surface area contributed by atoms with Crippen LogP contribution in [0.3, 0.4) is 0 Å². The second-order valence-electron chi connectivity index (χ2n) is 5.16. The van der Waals surface area contributed by atoms with Crippen LogP contribution in [0, 0.1) is 13.8 Å². The molecule has 0 aliphatic carbocycles. The predicted molar refractivity (Wildman–Crippen MR) is 85.4 cm³/mol. The van der Waals surface area contributed by atoms with Crippen LogP contribution in [0.25, 0.3) is 0 Å². The zero-order chi connectivity index (χ0) is 16.3. The van der Waals surface area contributed by atoms with Crippen LogP contribution in [-0.2, 0) is 11.3 Å². The molecule has 6 heteroatoms. The smallest absolute Gasteiger partial charge is 0.269 e. The standard InChI is InChI=1S/C16H20N4O2/c1-10-11(2)20(9-13-7-5-4-6-8-13)15(18-12(3)21)14(10)16(22)19-17/h4-8H,9,17H2,1-3H3,(H,18,21)(H,19,22). The van der Waals surface area contributed by atoms with Crippen molar-refractivity contribution in [3.05, 3.63) is 52.7 Å². The molecular formula is C16H20N4O2. The van der Waals surface area contributed by atoms with Gasteiger partial charge in [-0.25, -0.2) is 5.84 Å². The van der Waals surface area contributed by atoms with Crippen LogP contribution in [0.5, 0.6) is 0 Å². The summed E-state index contributed by atoms with van der Waals surface area (Å²) in [4.78, 5) is 23.6. The summed E-state index contributed by atoms with van der Waals surface area (Å²) in [7, 11) is 0. The summed E-state index contributed by atoms with van der Waals surface area (Å²) in [5.41, 5.74) is 5.31. The van der Waals surface area contributed by atoms with Crippen LogP contribution in [-0.4, -0.2) is 16.4 Å². The Bertz CT molecular complexity index is 705. The molecule has 2 aromatic rings. The zero-order valence-corrected chi connectivity index (χ0v) is 12.9. The maximum atomic E-state index is 12.1. The van der Waals surface area contributed by atoms with Crippen molar-refractivity contribution in [3.8, 4) is 0 Å². The molecule has 6 nitrogen and oxygen atoms in total. The number of hydrogen-bond acceptors (Lipinski definition) is 3. The summed E-state index contributed by atoms with van der Waals surface area (Å²) in [6.07, 6.45) is 0. The van der Waals surface area contributed by atoms with Crippen molar-refractivity contribution in [1.29, 1.82) is 0 Å². The van der Waals surface area contributed by atoms with E-state index >= 15 is 0 Å². The van der Waals surface area contributed by atoms with Crippen LogP contribution >= 0.6 is 0 Å². The first kappa shape index (κ1) is 15.8. The quantitative estimate of drug-likeness (QED) is 0.456. The number of anilines is 1. The van der Waals surface area contributed by atoms with Crippen molar-refractivity contribution in [1.82, 2.24) is 9.99 Å². The van der Waals surface area contributed by atoms with Gasteiger partial charge in [0.1, 0.15) is 5.82 Å².